The Bertz CT molecular complexity index is 1640. The standard InChI is InChI=1S/C29H19ClN2S/c1-18-14-15-22(30)17-24(18)20-10-7-11-21(16-20)26-28-27(23-12-5-6-13-25(23)33-28)32-29(31-26)19-8-3-2-4-9-19/h2-17H,1H3. The van der Waals surface area contributed by atoms with Gasteiger partial charge in [-0.1, -0.05) is 84.4 Å². The average Bonchev–Trinajstić information content (AvgIpc) is 3.24. The van der Waals surface area contributed by atoms with Crippen LogP contribution in [-0.2, 0) is 0 Å². The van der Waals surface area contributed by atoms with Crippen molar-refractivity contribution >= 4 is 43.2 Å². The molecular weight excluding hydrogens is 444 g/mol. The Morgan fingerprint density at radius 1 is 0.697 bits per heavy atom. The molecule has 158 valence electrons. The molecule has 6 aromatic rings. The summed E-state index contributed by atoms with van der Waals surface area (Å²) in [5.41, 5.74) is 7.50. The van der Waals surface area contributed by atoms with Gasteiger partial charge in [-0.2, -0.15) is 0 Å². The van der Waals surface area contributed by atoms with Crippen molar-refractivity contribution in [2.24, 2.45) is 0 Å². The van der Waals surface area contributed by atoms with Gasteiger partial charge in [-0.05, 0) is 47.9 Å². The van der Waals surface area contributed by atoms with Gasteiger partial charge in [0.05, 0.1) is 15.9 Å². The molecule has 0 aliphatic rings. The molecule has 0 unspecified atom stereocenters. The monoisotopic (exact) mass is 462 g/mol. The molecule has 2 nitrogen and oxygen atoms in total. The fourth-order valence-corrected chi connectivity index (χ4v) is 5.57. The molecule has 4 heteroatoms. The number of aryl methyl sites for hydroxylation is 1. The van der Waals surface area contributed by atoms with Crippen LogP contribution in [0.15, 0.2) is 97.1 Å². The maximum absolute atomic E-state index is 6.32. The molecule has 0 saturated heterocycles. The van der Waals surface area contributed by atoms with E-state index in [0.717, 1.165) is 49.0 Å². The zero-order valence-corrected chi connectivity index (χ0v) is 19.5. The highest BCUT2D eigenvalue weighted by Gasteiger charge is 2.17. The molecule has 4 aromatic carbocycles. The number of halogens is 1. The Balaban J connectivity index is 1.63. The molecule has 33 heavy (non-hydrogen) atoms. The summed E-state index contributed by atoms with van der Waals surface area (Å²) in [6.45, 7) is 2.11. The first-order chi connectivity index (χ1) is 16.2. The van der Waals surface area contributed by atoms with Gasteiger partial charge in [0, 0.05) is 26.2 Å². The summed E-state index contributed by atoms with van der Waals surface area (Å²) in [6, 6.07) is 33.2. The van der Waals surface area contributed by atoms with E-state index in [-0.39, 0.29) is 0 Å². The summed E-state index contributed by atoms with van der Waals surface area (Å²) in [5, 5.41) is 1.90. The van der Waals surface area contributed by atoms with Crippen LogP contribution in [0.5, 0.6) is 0 Å². The minimum atomic E-state index is 0.737. The van der Waals surface area contributed by atoms with E-state index < -0.39 is 0 Å². The fraction of sp³-hybridized carbons (Fsp3) is 0.0345. The second kappa shape index (κ2) is 8.11. The first-order valence-electron chi connectivity index (χ1n) is 10.8. The Hall–Kier alpha value is -3.53. The first-order valence-corrected chi connectivity index (χ1v) is 12.0. The van der Waals surface area contributed by atoms with Gasteiger partial charge in [0.15, 0.2) is 5.82 Å². The van der Waals surface area contributed by atoms with E-state index in [1.807, 2.05) is 30.3 Å². The number of nitrogens with zero attached hydrogens (tertiary/aromatic N) is 2. The second-order valence-corrected chi connectivity index (χ2v) is 9.57. The van der Waals surface area contributed by atoms with Crippen molar-refractivity contribution in [1.29, 1.82) is 0 Å². The van der Waals surface area contributed by atoms with Crippen molar-refractivity contribution in [2.75, 3.05) is 0 Å². The van der Waals surface area contributed by atoms with Gasteiger partial charge < -0.3 is 0 Å². The third kappa shape index (κ3) is 3.60. The van der Waals surface area contributed by atoms with Crippen LogP contribution in [0.1, 0.15) is 5.56 Å². The first kappa shape index (κ1) is 20.1. The molecule has 0 bridgehead atoms. The van der Waals surface area contributed by atoms with Crippen LogP contribution in [-0.4, -0.2) is 9.97 Å². The molecule has 0 atom stereocenters. The van der Waals surface area contributed by atoms with Crippen LogP contribution in [0.3, 0.4) is 0 Å². The Morgan fingerprint density at radius 3 is 2.33 bits per heavy atom. The van der Waals surface area contributed by atoms with Crippen LogP contribution < -0.4 is 0 Å². The van der Waals surface area contributed by atoms with Crippen molar-refractivity contribution < 1.29 is 0 Å². The molecular formula is C29H19ClN2S. The van der Waals surface area contributed by atoms with E-state index in [2.05, 4.69) is 73.7 Å². The van der Waals surface area contributed by atoms with E-state index in [9.17, 15) is 0 Å². The lowest BCUT2D eigenvalue weighted by Crippen LogP contribution is -1.94. The summed E-state index contributed by atoms with van der Waals surface area (Å²) in [6.07, 6.45) is 0. The lowest BCUT2D eigenvalue weighted by Gasteiger charge is -2.11. The van der Waals surface area contributed by atoms with Crippen molar-refractivity contribution in [1.82, 2.24) is 9.97 Å². The largest absolute Gasteiger partial charge is 0.226 e. The fourth-order valence-electron chi connectivity index (χ4n) is 4.24. The van der Waals surface area contributed by atoms with Crippen molar-refractivity contribution in [3.8, 4) is 33.8 Å². The molecule has 2 heterocycles. The Morgan fingerprint density at radius 2 is 1.45 bits per heavy atom. The van der Waals surface area contributed by atoms with Gasteiger partial charge in [-0.3, -0.25) is 0 Å². The SMILES string of the molecule is Cc1ccc(Cl)cc1-c1cccc(-c2nc(-c3ccccc3)nc3c2sc2ccccc23)c1. The van der Waals surface area contributed by atoms with Gasteiger partial charge in [0.25, 0.3) is 0 Å². The number of rotatable bonds is 3. The smallest absolute Gasteiger partial charge is 0.160 e. The number of hydrogen-bond donors (Lipinski definition) is 0. The highest BCUT2D eigenvalue weighted by atomic mass is 35.5. The maximum atomic E-state index is 6.32. The summed E-state index contributed by atoms with van der Waals surface area (Å²) >= 11 is 8.06. The molecule has 0 amide bonds. The molecule has 2 aromatic heterocycles. The van der Waals surface area contributed by atoms with Gasteiger partial charge in [-0.15, -0.1) is 11.3 Å². The predicted octanol–water partition coefficient (Wildman–Crippen LogP) is 8.81. The van der Waals surface area contributed by atoms with Crippen LogP contribution >= 0.6 is 22.9 Å². The quantitative estimate of drug-likeness (QED) is 0.262. The number of benzene rings is 4. The predicted molar refractivity (Wildman–Crippen MR) is 141 cm³/mol. The molecule has 0 fully saturated rings. The molecule has 0 radical (unpaired) electrons. The van der Waals surface area contributed by atoms with Crippen LogP contribution in [0.2, 0.25) is 5.02 Å². The lowest BCUT2D eigenvalue weighted by atomic mass is 9.98. The molecule has 6 rings (SSSR count). The summed E-state index contributed by atoms with van der Waals surface area (Å²) in [5.74, 6) is 0.742. The number of thiophene rings is 1. The van der Waals surface area contributed by atoms with Gasteiger partial charge in [0.2, 0.25) is 0 Å². The van der Waals surface area contributed by atoms with Gasteiger partial charge in [-0.25, -0.2) is 9.97 Å². The van der Waals surface area contributed by atoms with E-state index in [1.54, 1.807) is 11.3 Å². The number of hydrogen-bond acceptors (Lipinski definition) is 3. The number of aromatic nitrogens is 2. The van der Waals surface area contributed by atoms with Crippen molar-refractivity contribution in [3.63, 3.8) is 0 Å². The Kier molecular flexibility index (Phi) is 4.94. The van der Waals surface area contributed by atoms with Crippen LogP contribution in [0.25, 0.3) is 54.1 Å². The van der Waals surface area contributed by atoms with E-state index in [4.69, 9.17) is 21.6 Å². The lowest BCUT2D eigenvalue weighted by molar-refractivity contribution is 1.24. The highest BCUT2D eigenvalue weighted by Crippen LogP contribution is 2.40. The molecule has 0 saturated carbocycles. The van der Waals surface area contributed by atoms with Crippen molar-refractivity contribution in [3.05, 3.63) is 108 Å². The topological polar surface area (TPSA) is 25.8 Å². The normalized spacial score (nSPS) is 11.3. The van der Waals surface area contributed by atoms with Crippen LogP contribution in [0, 0.1) is 6.92 Å². The molecule has 0 N–H and O–H groups in total. The van der Waals surface area contributed by atoms with E-state index >= 15 is 0 Å². The summed E-state index contributed by atoms with van der Waals surface area (Å²) in [7, 11) is 0. The summed E-state index contributed by atoms with van der Waals surface area (Å²) < 4.78 is 2.32. The van der Waals surface area contributed by atoms with Gasteiger partial charge in [0.1, 0.15) is 0 Å². The Labute approximate surface area is 201 Å². The third-order valence-corrected chi connectivity index (χ3v) is 7.30. The van der Waals surface area contributed by atoms with Gasteiger partial charge >= 0.3 is 0 Å². The average molecular weight is 463 g/mol. The third-order valence-electron chi connectivity index (χ3n) is 5.90. The molecule has 0 spiro atoms. The highest BCUT2D eigenvalue weighted by molar-refractivity contribution is 7.26. The van der Waals surface area contributed by atoms with E-state index in [1.165, 1.54) is 15.6 Å². The second-order valence-electron chi connectivity index (χ2n) is 8.08. The zero-order valence-electron chi connectivity index (χ0n) is 17.9. The minimum absolute atomic E-state index is 0.737. The van der Waals surface area contributed by atoms with Crippen molar-refractivity contribution in [2.45, 2.75) is 6.92 Å². The molecule has 0 aliphatic heterocycles. The molecule has 0 aliphatic carbocycles. The minimum Gasteiger partial charge on any atom is -0.226 e. The zero-order chi connectivity index (χ0) is 22.4. The number of fused-ring (bicyclic) bond motifs is 3. The van der Waals surface area contributed by atoms with E-state index in [0.29, 0.717) is 0 Å². The van der Waals surface area contributed by atoms with Crippen LogP contribution in [0.4, 0.5) is 0 Å². The maximum Gasteiger partial charge on any atom is 0.160 e. The summed E-state index contributed by atoms with van der Waals surface area (Å²) in [4.78, 5) is 10.1.